The van der Waals surface area contributed by atoms with Crippen molar-refractivity contribution >= 4 is 17.6 Å². The molecule has 0 N–H and O–H groups in total. The van der Waals surface area contributed by atoms with Gasteiger partial charge in [0.2, 0.25) is 5.88 Å². The number of hydrogen-bond acceptors (Lipinski definition) is 5. The maximum atomic E-state index is 12.9. The molecule has 1 fully saturated rings. The number of alkyl halides is 3. The van der Waals surface area contributed by atoms with Crippen LogP contribution in [0.3, 0.4) is 0 Å². The summed E-state index contributed by atoms with van der Waals surface area (Å²) in [7, 11) is 0. The van der Waals surface area contributed by atoms with E-state index in [4.69, 9.17) is 21.1 Å². The molecule has 1 saturated carbocycles. The molecular weight excluding hydrogens is 483 g/mol. The lowest BCUT2D eigenvalue weighted by molar-refractivity contribution is -0.190. The molecule has 1 aliphatic carbocycles. The van der Waals surface area contributed by atoms with Gasteiger partial charge in [-0.05, 0) is 59.1 Å². The number of esters is 1. The van der Waals surface area contributed by atoms with E-state index in [2.05, 4.69) is 16.7 Å². The van der Waals surface area contributed by atoms with Gasteiger partial charge in [0.05, 0.1) is 17.6 Å². The van der Waals surface area contributed by atoms with Crippen LogP contribution in [0.1, 0.15) is 78.6 Å². The van der Waals surface area contributed by atoms with E-state index in [0.717, 1.165) is 0 Å². The van der Waals surface area contributed by atoms with E-state index in [1.165, 1.54) is 29.1 Å². The summed E-state index contributed by atoms with van der Waals surface area (Å²) in [5.41, 5.74) is -2.16. The average molecular weight is 520 g/mol. The van der Waals surface area contributed by atoms with Gasteiger partial charge in [-0.25, -0.2) is 14.5 Å². The summed E-state index contributed by atoms with van der Waals surface area (Å²) < 4.78 is 50.8. The molecule has 0 aromatic carbocycles. The molecule has 0 radical (unpaired) electrons. The van der Waals surface area contributed by atoms with Crippen molar-refractivity contribution in [1.29, 1.82) is 0 Å². The second kappa shape index (κ2) is 13.5. The van der Waals surface area contributed by atoms with Crippen LogP contribution >= 0.6 is 11.6 Å². The first-order chi connectivity index (χ1) is 15.8. The third kappa shape index (κ3) is 9.55. The third-order valence-corrected chi connectivity index (χ3v) is 4.83. The Bertz CT molecular complexity index is 949. The molecule has 0 aliphatic heterocycles. The van der Waals surface area contributed by atoms with Gasteiger partial charge in [0, 0.05) is 12.3 Å². The van der Waals surface area contributed by atoms with Gasteiger partial charge in [0.25, 0.3) is 0 Å². The van der Waals surface area contributed by atoms with Crippen molar-refractivity contribution in [3.8, 4) is 11.7 Å². The number of carbonyl (C=O) groups excluding carboxylic acids is 1. The summed E-state index contributed by atoms with van der Waals surface area (Å²) >= 11 is 6.10. The zero-order valence-electron chi connectivity index (χ0n) is 20.5. The first kappa shape index (κ1) is 32.5. The molecule has 0 bridgehead atoms. The molecule has 2 aromatic heterocycles. The fourth-order valence-corrected chi connectivity index (χ4v) is 2.95. The maximum absolute atomic E-state index is 12.9. The Balaban J connectivity index is 0.00000179. The summed E-state index contributed by atoms with van der Waals surface area (Å²) in [6, 6.07) is 4.52. The van der Waals surface area contributed by atoms with Crippen molar-refractivity contribution in [3.63, 3.8) is 0 Å². The number of aromatic nitrogens is 3. The van der Waals surface area contributed by atoms with Crippen molar-refractivity contribution in [1.82, 2.24) is 14.8 Å². The van der Waals surface area contributed by atoms with E-state index in [1.807, 2.05) is 20.8 Å². The highest BCUT2D eigenvalue weighted by atomic mass is 35.5. The molecule has 0 atom stereocenters. The van der Waals surface area contributed by atoms with Crippen LogP contribution in [-0.4, -0.2) is 39.1 Å². The van der Waals surface area contributed by atoms with Crippen LogP contribution in [-0.2, 0) is 4.74 Å². The Labute approximate surface area is 211 Å². The number of rotatable bonds is 6. The number of halogens is 4. The van der Waals surface area contributed by atoms with Gasteiger partial charge in [0.15, 0.2) is 5.82 Å². The molecule has 35 heavy (non-hydrogen) atoms. The zero-order chi connectivity index (χ0) is 26.2. The second-order valence-corrected chi connectivity index (χ2v) is 8.75. The summed E-state index contributed by atoms with van der Waals surface area (Å²) in [5, 5.41) is 4.09. The Kier molecular flexibility index (Phi) is 12.5. The second-order valence-electron chi connectivity index (χ2n) is 8.39. The first-order valence-corrected chi connectivity index (χ1v) is 11.4. The van der Waals surface area contributed by atoms with E-state index in [1.54, 1.807) is 26.8 Å². The fourth-order valence-electron chi connectivity index (χ4n) is 2.73. The zero-order valence-corrected chi connectivity index (χ0v) is 21.3. The van der Waals surface area contributed by atoms with E-state index in [-0.39, 0.29) is 49.9 Å². The highest BCUT2D eigenvalue weighted by molar-refractivity contribution is 6.32. The number of allylic oxidation sites excluding steroid dienone is 1. The summed E-state index contributed by atoms with van der Waals surface area (Å²) in [6.45, 7) is 14.4. The van der Waals surface area contributed by atoms with Crippen molar-refractivity contribution < 1.29 is 27.4 Å². The van der Waals surface area contributed by atoms with E-state index < -0.39 is 23.2 Å². The molecule has 0 unspecified atom stereocenters. The first-order valence-electron chi connectivity index (χ1n) is 11.0. The number of carbonyl (C=O) groups is 1. The Morgan fingerprint density at radius 3 is 2.26 bits per heavy atom. The molecule has 0 saturated heterocycles. The number of pyridine rings is 1. The Morgan fingerprint density at radius 2 is 1.80 bits per heavy atom. The maximum Gasteiger partial charge on any atom is 0.394 e. The highest BCUT2D eigenvalue weighted by Gasteiger charge is 2.62. The monoisotopic (exact) mass is 519 g/mol. The molecule has 2 aromatic rings. The molecule has 0 amide bonds. The number of hydrogen-bond donors (Lipinski definition) is 0. The average Bonchev–Trinajstić information content (AvgIpc) is 3.39. The number of ether oxygens (including phenoxy) is 2. The van der Waals surface area contributed by atoms with Crippen molar-refractivity contribution in [2.75, 3.05) is 6.61 Å². The van der Waals surface area contributed by atoms with Gasteiger partial charge in [-0.15, -0.1) is 11.7 Å². The van der Waals surface area contributed by atoms with Gasteiger partial charge in [-0.1, -0.05) is 39.0 Å². The summed E-state index contributed by atoms with van der Waals surface area (Å²) in [6.07, 6.45) is -0.733. The minimum Gasteiger partial charge on any atom is -0.477 e. The Morgan fingerprint density at radius 1 is 1.23 bits per heavy atom. The van der Waals surface area contributed by atoms with Gasteiger partial charge < -0.3 is 9.47 Å². The van der Waals surface area contributed by atoms with Crippen LogP contribution in [0, 0.1) is 5.41 Å². The lowest BCUT2D eigenvalue weighted by Gasteiger charge is -2.19. The smallest absolute Gasteiger partial charge is 0.394 e. The van der Waals surface area contributed by atoms with Crippen LogP contribution in [0.2, 0.25) is 5.15 Å². The van der Waals surface area contributed by atoms with E-state index in [0.29, 0.717) is 5.82 Å². The van der Waals surface area contributed by atoms with Crippen molar-refractivity contribution in [3.05, 3.63) is 47.8 Å². The molecule has 6 nitrogen and oxygen atoms in total. The van der Waals surface area contributed by atoms with Gasteiger partial charge in [-0.2, -0.15) is 13.2 Å². The van der Waals surface area contributed by atoms with Gasteiger partial charge in [0.1, 0.15) is 10.8 Å². The van der Waals surface area contributed by atoms with Crippen LogP contribution < -0.4 is 4.74 Å². The van der Waals surface area contributed by atoms with Crippen LogP contribution in [0.5, 0.6) is 5.88 Å². The van der Waals surface area contributed by atoms with E-state index >= 15 is 0 Å². The molecule has 0 spiro atoms. The molecule has 2 heterocycles. The molecule has 10 heteroatoms. The SMILES string of the molecule is C.C=CC.CC.CC(C)(C)OC(=O)c1ccc(-n2ccc(OCCC3(C(F)(F)F)CC3)n2)nc1Cl. The highest BCUT2D eigenvalue weighted by Crippen LogP contribution is 2.59. The lowest BCUT2D eigenvalue weighted by Crippen LogP contribution is -2.26. The quantitative estimate of drug-likeness (QED) is 0.221. The number of nitrogens with zero attached hydrogens (tertiary/aromatic N) is 3. The minimum atomic E-state index is -4.20. The molecule has 198 valence electrons. The van der Waals surface area contributed by atoms with Gasteiger partial charge in [-0.3, -0.25) is 0 Å². The van der Waals surface area contributed by atoms with Crippen molar-refractivity contribution in [2.45, 2.75) is 80.0 Å². The fraction of sp³-hybridized carbons (Fsp3) is 0.560. The topological polar surface area (TPSA) is 66.2 Å². The standard InChI is InChI=1S/C19H21ClF3N3O3.C3H6.C2H6.CH4/c1-17(2,3)29-16(27)12-4-5-13(24-15(12)20)26-10-6-14(25-26)28-11-9-18(7-8-18)19(21,22)23;1-3-2;1-2;/h4-6,10H,7-9,11H2,1-3H3;3H,1H2,2H3;1-2H3;1H4. The van der Waals surface area contributed by atoms with Crippen molar-refractivity contribution in [2.24, 2.45) is 5.41 Å². The predicted octanol–water partition coefficient (Wildman–Crippen LogP) is 7.84. The minimum absolute atomic E-state index is 0. The third-order valence-electron chi connectivity index (χ3n) is 4.54. The van der Waals surface area contributed by atoms with E-state index in [9.17, 15) is 18.0 Å². The van der Waals surface area contributed by atoms with Crippen LogP contribution in [0.25, 0.3) is 5.82 Å². The van der Waals surface area contributed by atoms with Crippen LogP contribution in [0.4, 0.5) is 13.2 Å². The summed E-state index contributed by atoms with van der Waals surface area (Å²) in [4.78, 5) is 16.3. The largest absolute Gasteiger partial charge is 0.477 e. The molecular formula is C25H37ClF3N3O3. The predicted molar refractivity (Wildman–Crippen MR) is 133 cm³/mol. The summed E-state index contributed by atoms with van der Waals surface area (Å²) in [5.74, 6) is -0.0899. The normalized spacial score (nSPS) is 13.7. The molecule has 3 rings (SSSR count). The lowest BCUT2D eigenvalue weighted by atomic mass is 10.0. The Hall–Kier alpha value is -2.55. The van der Waals surface area contributed by atoms with Crippen LogP contribution in [0.15, 0.2) is 37.1 Å². The molecule has 1 aliphatic rings. The van der Waals surface area contributed by atoms with Gasteiger partial charge >= 0.3 is 12.1 Å².